The monoisotopic (exact) mass is 292 g/mol. The number of hydrogen-bond donors (Lipinski definition) is 0. The van der Waals surface area contributed by atoms with Gasteiger partial charge in [0, 0.05) is 32.0 Å². The van der Waals surface area contributed by atoms with Gasteiger partial charge in [-0.05, 0) is 33.9 Å². The van der Waals surface area contributed by atoms with E-state index in [0.717, 1.165) is 43.0 Å². The molecule has 1 fully saturated rings. The van der Waals surface area contributed by atoms with E-state index < -0.39 is 0 Å². The van der Waals surface area contributed by atoms with Crippen LogP contribution in [0.1, 0.15) is 36.0 Å². The van der Waals surface area contributed by atoms with Crippen molar-refractivity contribution in [3.8, 4) is 0 Å². The minimum Gasteiger partial charge on any atom is -0.375 e. The van der Waals surface area contributed by atoms with E-state index in [2.05, 4.69) is 14.9 Å². The minimum atomic E-state index is 0.0343. The second-order valence-electron chi connectivity index (χ2n) is 5.74. The van der Waals surface area contributed by atoms with Gasteiger partial charge in [-0.15, -0.1) is 0 Å². The SMILES string of the molecule is COCC(=O)N1CCC[C@H]1c1nc(C)ncc1CN(C)C. The van der Waals surface area contributed by atoms with Crippen LogP contribution in [0.15, 0.2) is 6.20 Å². The van der Waals surface area contributed by atoms with Gasteiger partial charge in [-0.2, -0.15) is 0 Å². The summed E-state index contributed by atoms with van der Waals surface area (Å²) < 4.78 is 4.99. The van der Waals surface area contributed by atoms with Crippen molar-refractivity contribution in [1.29, 1.82) is 0 Å². The van der Waals surface area contributed by atoms with Crippen molar-refractivity contribution in [3.63, 3.8) is 0 Å². The standard InChI is InChI=1S/C15H24N4O2/c1-11-16-8-12(9-18(2)3)15(17-11)13-6-5-7-19(13)14(20)10-21-4/h8,13H,5-7,9-10H2,1-4H3/t13-/m0/s1. The first kappa shape index (κ1) is 15.9. The normalized spacial score (nSPS) is 18.5. The first-order chi connectivity index (χ1) is 10.0. The summed E-state index contributed by atoms with van der Waals surface area (Å²) in [5.41, 5.74) is 2.07. The Kier molecular flexibility index (Phi) is 5.25. The van der Waals surface area contributed by atoms with Gasteiger partial charge in [0.15, 0.2) is 0 Å². The molecule has 0 aliphatic carbocycles. The van der Waals surface area contributed by atoms with Crippen molar-refractivity contribution in [2.45, 2.75) is 32.4 Å². The molecule has 0 aromatic carbocycles. The second kappa shape index (κ2) is 6.95. The van der Waals surface area contributed by atoms with E-state index in [1.807, 2.05) is 32.1 Å². The summed E-state index contributed by atoms with van der Waals surface area (Å²) in [6.07, 6.45) is 3.84. The van der Waals surface area contributed by atoms with Crippen molar-refractivity contribution < 1.29 is 9.53 Å². The Hall–Kier alpha value is -1.53. The molecule has 0 unspecified atom stereocenters. The number of likely N-dealkylation sites (tertiary alicyclic amines) is 1. The molecule has 1 aliphatic rings. The first-order valence-electron chi connectivity index (χ1n) is 7.28. The Balaban J connectivity index is 2.30. The maximum Gasteiger partial charge on any atom is 0.249 e. The molecule has 2 heterocycles. The molecule has 0 saturated carbocycles. The molecule has 0 radical (unpaired) electrons. The minimum absolute atomic E-state index is 0.0343. The molecule has 0 spiro atoms. The lowest BCUT2D eigenvalue weighted by molar-refractivity contribution is -0.136. The second-order valence-corrected chi connectivity index (χ2v) is 5.74. The summed E-state index contributed by atoms with van der Waals surface area (Å²) in [6, 6.07) is 0.0456. The number of carbonyl (C=O) groups is 1. The number of ether oxygens (including phenoxy) is 1. The number of carbonyl (C=O) groups excluding carboxylic acids is 1. The van der Waals surface area contributed by atoms with E-state index in [0.29, 0.717) is 0 Å². The predicted molar refractivity (Wildman–Crippen MR) is 79.7 cm³/mol. The molecule has 2 rings (SSSR count). The highest BCUT2D eigenvalue weighted by Gasteiger charge is 2.32. The van der Waals surface area contributed by atoms with Crippen LogP contribution in [0.3, 0.4) is 0 Å². The summed E-state index contributed by atoms with van der Waals surface area (Å²) in [5.74, 6) is 0.783. The van der Waals surface area contributed by atoms with E-state index in [1.54, 1.807) is 7.11 Å². The van der Waals surface area contributed by atoms with Gasteiger partial charge >= 0.3 is 0 Å². The van der Waals surface area contributed by atoms with Gasteiger partial charge < -0.3 is 14.5 Å². The van der Waals surface area contributed by atoms with E-state index in [1.165, 1.54) is 0 Å². The van der Waals surface area contributed by atoms with Crippen LogP contribution in [0.4, 0.5) is 0 Å². The Morgan fingerprint density at radius 1 is 1.52 bits per heavy atom. The van der Waals surface area contributed by atoms with Crippen LogP contribution < -0.4 is 0 Å². The Morgan fingerprint density at radius 3 is 2.95 bits per heavy atom. The molecular weight excluding hydrogens is 268 g/mol. The number of hydrogen-bond acceptors (Lipinski definition) is 5. The number of aryl methyl sites for hydroxylation is 1. The topological polar surface area (TPSA) is 58.6 Å². The molecule has 6 heteroatoms. The van der Waals surface area contributed by atoms with Crippen LogP contribution >= 0.6 is 0 Å². The third-order valence-corrected chi connectivity index (χ3v) is 3.66. The number of rotatable bonds is 5. The average Bonchev–Trinajstić information content (AvgIpc) is 2.89. The zero-order valence-corrected chi connectivity index (χ0v) is 13.3. The van der Waals surface area contributed by atoms with Crippen molar-refractivity contribution in [1.82, 2.24) is 19.8 Å². The fourth-order valence-corrected chi connectivity index (χ4v) is 2.82. The summed E-state index contributed by atoms with van der Waals surface area (Å²) in [5, 5.41) is 0. The largest absolute Gasteiger partial charge is 0.375 e. The van der Waals surface area contributed by atoms with Crippen molar-refractivity contribution in [3.05, 3.63) is 23.3 Å². The number of aromatic nitrogens is 2. The van der Waals surface area contributed by atoms with Crippen LogP contribution in [-0.4, -0.2) is 60.0 Å². The molecule has 1 saturated heterocycles. The van der Waals surface area contributed by atoms with Crippen molar-refractivity contribution >= 4 is 5.91 Å². The van der Waals surface area contributed by atoms with Gasteiger partial charge in [0.2, 0.25) is 5.91 Å². The van der Waals surface area contributed by atoms with Crippen LogP contribution in [0.5, 0.6) is 0 Å². The van der Waals surface area contributed by atoms with E-state index in [9.17, 15) is 4.79 Å². The van der Waals surface area contributed by atoms with E-state index in [-0.39, 0.29) is 18.6 Å². The lowest BCUT2D eigenvalue weighted by atomic mass is 10.1. The zero-order valence-electron chi connectivity index (χ0n) is 13.3. The molecule has 1 aromatic rings. The van der Waals surface area contributed by atoms with Crippen LogP contribution in [-0.2, 0) is 16.1 Å². The van der Waals surface area contributed by atoms with Crippen molar-refractivity contribution in [2.24, 2.45) is 0 Å². The molecule has 0 bridgehead atoms. The summed E-state index contributed by atoms with van der Waals surface area (Å²) >= 11 is 0. The highest BCUT2D eigenvalue weighted by atomic mass is 16.5. The average molecular weight is 292 g/mol. The maximum absolute atomic E-state index is 12.2. The quantitative estimate of drug-likeness (QED) is 0.815. The molecular formula is C15H24N4O2. The third-order valence-electron chi connectivity index (χ3n) is 3.66. The Morgan fingerprint density at radius 2 is 2.29 bits per heavy atom. The lowest BCUT2D eigenvalue weighted by Crippen LogP contribution is -2.34. The number of nitrogens with zero attached hydrogens (tertiary/aromatic N) is 4. The van der Waals surface area contributed by atoms with E-state index >= 15 is 0 Å². The summed E-state index contributed by atoms with van der Waals surface area (Å²) in [7, 11) is 5.59. The molecule has 21 heavy (non-hydrogen) atoms. The van der Waals surface area contributed by atoms with Gasteiger partial charge in [0.05, 0.1) is 11.7 Å². The van der Waals surface area contributed by atoms with Crippen LogP contribution in [0.2, 0.25) is 0 Å². The zero-order chi connectivity index (χ0) is 15.4. The lowest BCUT2D eigenvalue weighted by Gasteiger charge is -2.26. The molecule has 1 aliphatic heterocycles. The molecule has 1 aromatic heterocycles. The fraction of sp³-hybridized carbons (Fsp3) is 0.667. The van der Waals surface area contributed by atoms with Gasteiger partial charge in [-0.1, -0.05) is 0 Å². The fourth-order valence-electron chi connectivity index (χ4n) is 2.82. The van der Waals surface area contributed by atoms with E-state index in [4.69, 9.17) is 4.74 Å². The van der Waals surface area contributed by atoms with Gasteiger partial charge in [-0.3, -0.25) is 4.79 Å². The van der Waals surface area contributed by atoms with Gasteiger partial charge in [-0.25, -0.2) is 9.97 Å². The highest BCUT2D eigenvalue weighted by Crippen LogP contribution is 2.32. The predicted octanol–water partition coefficient (Wildman–Crippen LogP) is 1.16. The Labute approximate surface area is 126 Å². The molecule has 1 amide bonds. The third kappa shape index (κ3) is 3.77. The summed E-state index contributed by atoms with van der Waals surface area (Å²) in [4.78, 5) is 25.1. The molecule has 0 N–H and O–H groups in total. The van der Waals surface area contributed by atoms with Crippen molar-refractivity contribution in [2.75, 3.05) is 34.4 Å². The summed E-state index contributed by atoms with van der Waals surface area (Å²) in [6.45, 7) is 3.57. The van der Waals surface area contributed by atoms with Crippen LogP contribution in [0.25, 0.3) is 0 Å². The first-order valence-corrected chi connectivity index (χ1v) is 7.28. The molecule has 1 atom stereocenters. The number of amides is 1. The Bertz CT molecular complexity index is 504. The smallest absolute Gasteiger partial charge is 0.249 e. The number of methoxy groups -OCH3 is 1. The van der Waals surface area contributed by atoms with Gasteiger partial charge in [0.1, 0.15) is 12.4 Å². The highest BCUT2D eigenvalue weighted by molar-refractivity contribution is 5.78. The molecule has 6 nitrogen and oxygen atoms in total. The van der Waals surface area contributed by atoms with Gasteiger partial charge in [0.25, 0.3) is 0 Å². The molecule has 116 valence electrons. The van der Waals surface area contributed by atoms with Crippen LogP contribution in [0, 0.1) is 6.92 Å². The maximum atomic E-state index is 12.2.